The molecule has 1 aromatic heterocycles. The van der Waals surface area contributed by atoms with Crippen molar-refractivity contribution in [1.29, 1.82) is 0 Å². The number of aromatic nitrogens is 1. The molecular formula is C25H16N2O4. The van der Waals surface area contributed by atoms with Gasteiger partial charge in [0.2, 0.25) is 0 Å². The fourth-order valence-corrected chi connectivity index (χ4v) is 4.08. The van der Waals surface area contributed by atoms with Crippen LogP contribution in [-0.2, 0) is 0 Å². The van der Waals surface area contributed by atoms with Crippen molar-refractivity contribution < 1.29 is 15.0 Å². The maximum absolute atomic E-state index is 12.7. The number of phenols is 1. The molecule has 5 aromatic rings. The normalized spacial score (nSPS) is 13.3. The second kappa shape index (κ2) is 6.88. The van der Waals surface area contributed by atoms with Crippen molar-refractivity contribution in [3.8, 4) is 5.75 Å². The van der Waals surface area contributed by atoms with E-state index in [-0.39, 0.29) is 22.1 Å². The SMILES string of the molecule is CC(O)=c1c(=O)nc2cccc3c(O)c4c(=NC(=O)c5ccccc5)cccc4c1c23. The first-order valence-corrected chi connectivity index (χ1v) is 9.65. The van der Waals surface area contributed by atoms with Gasteiger partial charge in [-0.05, 0) is 36.6 Å². The fraction of sp³-hybridized carbons (Fsp3) is 0.0400. The summed E-state index contributed by atoms with van der Waals surface area (Å²) in [6, 6.07) is 18.8. The number of hydrogen-bond acceptors (Lipinski definition) is 5. The standard InChI is InChI=1S/C25H16N2O4/c1-13(28)19-22-15-9-5-12-18(26-24(30)14-7-3-2-4-8-14)21(15)23(29)16-10-6-11-17(20(16)22)27-25(19)31/h2-12,28-29H,1H3. The summed E-state index contributed by atoms with van der Waals surface area (Å²) in [6.45, 7) is 1.42. The van der Waals surface area contributed by atoms with Crippen LogP contribution in [0.25, 0.3) is 38.2 Å². The van der Waals surface area contributed by atoms with Crippen LogP contribution in [0.15, 0.2) is 76.5 Å². The lowest BCUT2D eigenvalue weighted by Gasteiger charge is -2.12. The van der Waals surface area contributed by atoms with Gasteiger partial charge in [0.05, 0.1) is 21.5 Å². The molecular weight excluding hydrogens is 392 g/mol. The third-order valence-corrected chi connectivity index (χ3v) is 5.39. The minimum Gasteiger partial charge on any atom is -0.512 e. The Hall–Kier alpha value is -4.32. The molecule has 0 atom stereocenters. The molecule has 6 heteroatoms. The molecule has 0 bridgehead atoms. The summed E-state index contributed by atoms with van der Waals surface area (Å²) in [7, 11) is 0. The lowest BCUT2D eigenvalue weighted by molar-refractivity contribution is 0.0998. The minimum absolute atomic E-state index is 0.0599. The van der Waals surface area contributed by atoms with Crippen LogP contribution in [0.5, 0.6) is 5.75 Å². The van der Waals surface area contributed by atoms with E-state index in [0.29, 0.717) is 38.0 Å². The number of nitrogens with zero attached hydrogens (tertiary/aromatic N) is 2. The molecule has 4 aromatic carbocycles. The van der Waals surface area contributed by atoms with E-state index in [4.69, 9.17) is 0 Å². The van der Waals surface area contributed by atoms with Crippen molar-refractivity contribution in [1.82, 2.24) is 4.98 Å². The monoisotopic (exact) mass is 408 g/mol. The van der Waals surface area contributed by atoms with Gasteiger partial charge in [0.1, 0.15) is 11.5 Å². The zero-order chi connectivity index (χ0) is 21.7. The molecule has 0 aliphatic carbocycles. The van der Waals surface area contributed by atoms with E-state index in [0.717, 1.165) is 0 Å². The Labute approximate surface area is 175 Å². The van der Waals surface area contributed by atoms with E-state index in [1.165, 1.54) is 6.92 Å². The molecule has 0 saturated heterocycles. The molecule has 31 heavy (non-hydrogen) atoms. The van der Waals surface area contributed by atoms with E-state index in [1.807, 2.05) is 6.07 Å². The zero-order valence-electron chi connectivity index (χ0n) is 16.5. The molecule has 5 rings (SSSR count). The summed E-state index contributed by atoms with van der Waals surface area (Å²) >= 11 is 0. The number of aliphatic hydroxyl groups excluding tert-OH is 1. The number of benzene rings is 4. The molecule has 1 amide bonds. The van der Waals surface area contributed by atoms with Gasteiger partial charge in [-0.1, -0.05) is 42.5 Å². The quantitative estimate of drug-likeness (QED) is 0.328. The molecule has 6 nitrogen and oxygen atoms in total. The molecule has 1 heterocycles. The first-order valence-electron chi connectivity index (χ1n) is 9.65. The topological polar surface area (TPSA) is 99.8 Å². The van der Waals surface area contributed by atoms with Crippen LogP contribution >= 0.6 is 0 Å². The van der Waals surface area contributed by atoms with Crippen LogP contribution < -0.4 is 16.1 Å². The largest absolute Gasteiger partial charge is 0.512 e. The number of carbonyl (C=O) groups excluding carboxylic acids is 1. The Morgan fingerprint density at radius 1 is 0.871 bits per heavy atom. The van der Waals surface area contributed by atoms with E-state index < -0.39 is 11.5 Å². The van der Waals surface area contributed by atoms with E-state index in [9.17, 15) is 19.8 Å². The number of pyridine rings is 1. The Kier molecular flexibility index (Phi) is 4.15. The van der Waals surface area contributed by atoms with Gasteiger partial charge >= 0.3 is 0 Å². The highest BCUT2D eigenvalue weighted by molar-refractivity contribution is 6.23. The second-order valence-corrected chi connectivity index (χ2v) is 7.28. The van der Waals surface area contributed by atoms with E-state index in [2.05, 4.69) is 9.98 Å². The van der Waals surface area contributed by atoms with Gasteiger partial charge in [0, 0.05) is 21.7 Å². The number of carbonyl (C=O) groups is 1. The number of aromatic hydroxyl groups is 1. The molecule has 0 radical (unpaired) electrons. The van der Waals surface area contributed by atoms with Crippen LogP contribution in [0.3, 0.4) is 0 Å². The van der Waals surface area contributed by atoms with Crippen molar-refractivity contribution in [2.45, 2.75) is 6.92 Å². The Balaban J connectivity index is 2.03. The molecule has 0 aliphatic heterocycles. The minimum atomic E-state index is -0.560. The number of rotatable bonds is 1. The number of aliphatic hydroxyl groups is 1. The molecule has 0 unspecified atom stereocenters. The van der Waals surface area contributed by atoms with Crippen molar-refractivity contribution >= 4 is 44.1 Å². The highest BCUT2D eigenvalue weighted by atomic mass is 16.3. The summed E-state index contributed by atoms with van der Waals surface area (Å²) in [5.41, 5.74) is 0.279. The average Bonchev–Trinajstić information content (AvgIpc) is 2.77. The molecule has 0 aliphatic rings. The molecule has 2 N–H and O–H groups in total. The van der Waals surface area contributed by atoms with Gasteiger partial charge in [-0.2, -0.15) is 0 Å². The lowest BCUT2D eigenvalue weighted by Crippen LogP contribution is -2.30. The van der Waals surface area contributed by atoms with Crippen molar-refractivity contribution in [3.05, 3.63) is 93.2 Å². The summed E-state index contributed by atoms with van der Waals surface area (Å²) in [5.74, 6) is -0.676. The smallest absolute Gasteiger partial charge is 0.281 e. The lowest BCUT2D eigenvalue weighted by atomic mass is 9.94. The Morgan fingerprint density at radius 2 is 1.58 bits per heavy atom. The predicted octanol–water partition coefficient (Wildman–Crippen LogP) is 3.19. The van der Waals surface area contributed by atoms with Crippen LogP contribution in [-0.4, -0.2) is 21.1 Å². The van der Waals surface area contributed by atoms with Gasteiger partial charge in [-0.15, -0.1) is 0 Å². The van der Waals surface area contributed by atoms with E-state index in [1.54, 1.807) is 60.7 Å². The van der Waals surface area contributed by atoms with Gasteiger partial charge in [-0.3, -0.25) is 9.59 Å². The molecule has 150 valence electrons. The summed E-state index contributed by atoms with van der Waals surface area (Å²) in [6.07, 6.45) is 0. The van der Waals surface area contributed by atoms with Gasteiger partial charge in [0.25, 0.3) is 11.5 Å². The van der Waals surface area contributed by atoms with Crippen LogP contribution in [0.1, 0.15) is 17.3 Å². The van der Waals surface area contributed by atoms with Crippen LogP contribution in [0.2, 0.25) is 0 Å². The maximum Gasteiger partial charge on any atom is 0.281 e. The molecule has 0 fully saturated rings. The number of phenolic OH excluding ortho intramolecular Hbond substituents is 1. The third-order valence-electron chi connectivity index (χ3n) is 5.39. The van der Waals surface area contributed by atoms with Crippen molar-refractivity contribution in [3.63, 3.8) is 0 Å². The second-order valence-electron chi connectivity index (χ2n) is 7.28. The number of amides is 1. The van der Waals surface area contributed by atoms with Crippen LogP contribution in [0, 0.1) is 0 Å². The van der Waals surface area contributed by atoms with E-state index >= 15 is 0 Å². The summed E-state index contributed by atoms with van der Waals surface area (Å²) in [5, 5.41) is 24.1. The summed E-state index contributed by atoms with van der Waals surface area (Å²) in [4.78, 5) is 33.7. The van der Waals surface area contributed by atoms with Crippen LogP contribution in [0.4, 0.5) is 0 Å². The number of hydrogen-bond donors (Lipinski definition) is 2. The number of fused-ring (bicyclic) bond motifs is 2. The highest BCUT2D eigenvalue weighted by Gasteiger charge is 2.18. The average molecular weight is 408 g/mol. The van der Waals surface area contributed by atoms with Gasteiger partial charge in [-0.25, -0.2) is 9.98 Å². The maximum atomic E-state index is 12.7. The van der Waals surface area contributed by atoms with Crippen molar-refractivity contribution in [2.75, 3.05) is 0 Å². The molecule has 0 saturated carbocycles. The van der Waals surface area contributed by atoms with Gasteiger partial charge in [0.15, 0.2) is 0 Å². The Morgan fingerprint density at radius 3 is 2.32 bits per heavy atom. The third kappa shape index (κ3) is 2.80. The highest BCUT2D eigenvalue weighted by Crippen LogP contribution is 2.37. The Bertz CT molecular complexity index is 1690. The molecule has 0 spiro atoms. The zero-order valence-corrected chi connectivity index (χ0v) is 16.5. The summed E-state index contributed by atoms with van der Waals surface area (Å²) < 4.78 is 0. The fourth-order valence-electron chi connectivity index (χ4n) is 4.08. The predicted molar refractivity (Wildman–Crippen MR) is 119 cm³/mol. The first kappa shape index (κ1) is 18.7. The first-order chi connectivity index (χ1) is 15.0. The van der Waals surface area contributed by atoms with Crippen molar-refractivity contribution in [2.24, 2.45) is 4.99 Å². The van der Waals surface area contributed by atoms with Gasteiger partial charge < -0.3 is 10.2 Å².